The summed E-state index contributed by atoms with van der Waals surface area (Å²) in [6.07, 6.45) is 0. The fraction of sp³-hybridized carbons (Fsp3) is 0.0909. The van der Waals surface area contributed by atoms with Crippen molar-refractivity contribution in [1.29, 1.82) is 0 Å². The van der Waals surface area contributed by atoms with E-state index in [1.165, 1.54) is 0 Å². The molecule has 0 radical (unpaired) electrons. The average Bonchev–Trinajstić information content (AvgIpc) is 2.37. The van der Waals surface area contributed by atoms with E-state index in [4.69, 9.17) is 40.0 Å². The Morgan fingerprint density at radius 1 is 1.26 bits per heavy atom. The Morgan fingerprint density at radius 2 is 1.84 bits per heavy atom. The van der Waals surface area contributed by atoms with Crippen molar-refractivity contribution in [2.24, 2.45) is 0 Å². The molecule has 0 aliphatic rings. The van der Waals surface area contributed by atoms with Gasteiger partial charge in [-0.05, 0) is 21.5 Å². The van der Waals surface area contributed by atoms with Gasteiger partial charge in [0.1, 0.15) is 8.31 Å². The van der Waals surface area contributed by atoms with Gasteiger partial charge in [0.05, 0.1) is 10.7 Å². The molecule has 0 saturated carbocycles. The van der Waals surface area contributed by atoms with Gasteiger partial charge in [0.2, 0.25) is 0 Å². The zero-order valence-corrected chi connectivity index (χ0v) is 14.0. The van der Waals surface area contributed by atoms with Crippen molar-refractivity contribution in [1.82, 2.24) is 5.23 Å². The molecule has 0 atom stereocenters. The summed E-state index contributed by atoms with van der Waals surface area (Å²) in [7, 11) is 0. The van der Waals surface area contributed by atoms with Gasteiger partial charge in [-0.1, -0.05) is 65.1 Å². The van der Waals surface area contributed by atoms with Crippen molar-refractivity contribution >= 4 is 62.5 Å². The summed E-state index contributed by atoms with van der Waals surface area (Å²) < 4.78 is 0.0291. The SMILES string of the molecule is [O-]N(O)C(/C(Cl)=C(\Cl)Br)=C(/Cl)SCc1ccccc1. The van der Waals surface area contributed by atoms with Crippen molar-refractivity contribution in [2.75, 3.05) is 0 Å². The Hall–Kier alpha value is 0.120. The van der Waals surface area contributed by atoms with Gasteiger partial charge in [-0.25, -0.2) is 0 Å². The highest BCUT2D eigenvalue weighted by Gasteiger charge is 2.14. The summed E-state index contributed by atoms with van der Waals surface area (Å²) in [5.41, 5.74) is 0.719. The number of allylic oxidation sites excluding steroid dienone is 1. The smallest absolute Gasteiger partial charge is 0.104 e. The number of benzene rings is 1. The Balaban J connectivity index is 2.89. The summed E-state index contributed by atoms with van der Waals surface area (Å²) >= 11 is 21.4. The lowest BCUT2D eigenvalue weighted by molar-refractivity contribution is 0.000421. The van der Waals surface area contributed by atoms with E-state index in [0.717, 1.165) is 17.3 Å². The van der Waals surface area contributed by atoms with Gasteiger partial charge in [0, 0.05) is 5.75 Å². The molecule has 0 unspecified atom stereocenters. The lowest BCUT2D eigenvalue weighted by Gasteiger charge is -2.25. The van der Waals surface area contributed by atoms with E-state index >= 15 is 0 Å². The second-order valence-corrected chi connectivity index (χ2v) is 6.84. The first-order valence-electron chi connectivity index (χ1n) is 4.87. The molecule has 0 aliphatic heterocycles. The highest BCUT2D eigenvalue weighted by Crippen LogP contribution is 2.36. The van der Waals surface area contributed by atoms with Gasteiger partial charge in [-0.2, -0.15) is 0 Å². The zero-order chi connectivity index (χ0) is 14.4. The molecule has 0 spiro atoms. The van der Waals surface area contributed by atoms with Gasteiger partial charge < -0.3 is 10.4 Å². The molecule has 0 amide bonds. The number of hydrogen-bond donors (Lipinski definition) is 1. The molecule has 1 aromatic rings. The normalized spacial score (nSPS) is 13.8. The van der Waals surface area contributed by atoms with E-state index in [1.807, 2.05) is 30.3 Å². The van der Waals surface area contributed by atoms with Crippen molar-refractivity contribution in [3.05, 3.63) is 60.1 Å². The van der Waals surface area contributed by atoms with Crippen LogP contribution in [0, 0.1) is 5.21 Å². The fourth-order valence-corrected chi connectivity index (χ4v) is 2.81. The third-order valence-corrected chi connectivity index (χ3v) is 4.67. The Morgan fingerprint density at radius 3 is 2.32 bits per heavy atom. The maximum Gasteiger partial charge on any atom is 0.104 e. The van der Waals surface area contributed by atoms with Crippen LogP contribution in [0.3, 0.4) is 0 Å². The van der Waals surface area contributed by atoms with Gasteiger partial charge in [0.25, 0.3) is 0 Å². The van der Waals surface area contributed by atoms with Crippen molar-refractivity contribution in [2.45, 2.75) is 5.75 Å². The van der Waals surface area contributed by atoms with Crippen LogP contribution in [0.1, 0.15) is 5.56 Å². The van der Waals surface area contributed by atoms with E-state index in [2.05, 4.69) is 15.9 Å². The molecule has 1 N–H and O–H groups in total. The van der Waals surface area contributed by atoms with Crippen LogP contribution < -0.4 is 0 Å². The van der Waals surface area contributed by atoms with Crippen molar-refractivity contribution < 1.29 is 5.21 Å². The molecule has 0 fully saturated rings. The molecule has 1 rings (SSSR count). The second kappa shape index (κ2) is 8.42. The largest absolute Gasteiger partial charge is 0.733 e. The zero-order valence-electron chi connectivity index (χ0n) is 9.32. The Kier molecular flexibility index (Phi) is 7.61. The fourth-order valence-electron chi connectivity index (χ4n) is 1.12. The van der Waals surface area contributed by atoms with Gasteiger partial charge >= 0.3 is 0 Å². The van der Waals surface area contributed by atoms with Gasteiger partial charge in [-0.15, -0.1) is 11.8 Å². The highest BCUT2D eigenvalue weighted by molar-refractivity contribution is 9.12. The van der Waals surface area contributed by atoms with Crippen LogP contribution in [0.15, 0.2) is 49.4 Å². The molecule has 3 nitrogen and oxygen atoms in total. The maximum atomic E-state index is 11.1. The molecule has 0 bridgehead atoms. The van der Waals surface area contributed by atoms with Crippen LogP contribution in [0.5, 0.6) is 0 Å². The lowest BCUT2D eigenvalue weighted by Crippen LogP contribution is -2.11. The van der Waals surface area contributed by atoms with Crippen molar-refractivity contribution in [3.63, 3.8) is 0 Å². The monoisotopic (exact) mass is 402 g/mol. The second-order valence-electron chi connectivity index (χ2n) is 3.24. The van der Waals surface area contributed by atoms with Crippen LogP contribution in [0.2, 0.25) is 0 Å². The first-order valence-corrected chi connectivity index (χ1v) is 7.78. The minimum atomic E-state index is -0.410. The number of thioether (sulfide) groups is 1. The number of nitrogens with zero attached hydrogens (tertiary/aromatic N) is 1. The summed E-state index contributed by atoms with van der Waals surface area (Å²) in [6.45, 7) is 0. The molecule has 1 aromatic carbocycles. The third-order valence-electron chi connectivity index (χ3n) is 1.96. The maximum absolute atomic E-state index is 11.1. The predicted molar refractivity (Wildman–Crippen MR) is 85.3 cm³/mol. The number of hydroxylamine groups is 2. The number of hydrogen-bond acceptors (Lipinski definition) is 4. The Labute approximate surface area is 138 Å². The van der Waals surface area contributed by atoms with Crippen LogP contribution in [-0.2, 0) is 5.75 Å². The molecule has 19 heavy (non-hydrogen) atoms. The average molecular weight is 405 g/mol. The van der Waals surface area contributed by atoms with Crippen LogP contribution in [-0.4, -0.2) is 10.4 Å². The van der Waals surface area contributed by atoms with E-state index in [9.17, 15) is 5.21 Å². The van der Waals surface area contributed by atoms with Crippen LogP contribution in [0.4, 0.5) is 0 Å². The molecular weight excluding hydrogens is 396 g/mol. The van der Waals surface area contributed by atoms with E-state index in [0.29, 0.717) is 5.75 Å². The highest BCUT2D eigenvalue weighted by atomic mass is 79.9. The first kappa shape index (κ1) is 17.2. The number of halogens is 4. The molecule has 0 aromatic heterocycles. The summed E-state index contributed by atoms with van der Waals surface area (Å²) in [5.74, 6) is 0.529. The Bertz CT molecular complexity index is 490. The number of rotatable bonds is 5. The van der Waals surface area contributed by atoms with Gasteiger partial charge in [-0.3, -0.25) is 5.21 Å². The van der Waals surface area contributed by atoms with Crippen LogP contribution in [0.25, 0.3) is 0 Å². The summed E-state index contributed by atoms with van der Waals surface area (Å²) in [6, 6.07) is 9.51. The molecule has 104 valence electrons. The topological polar surface area (TPSA) is 46.5 Å². The van der Waals surface area contributed by atoms with Crippen LogP contribution >= 0.6 is 62.5 Å². The molecule has 0 saturated heterocycles. The predicted octanol–water partition coefficient (Wildman–Crippen LogP) is 5.56. The summed E-state index contributed by atoms with van der Waals surface area (Å²) in [5, 5.41) is 19.5. The minimum absolute atomic E-state index is 0.0162. The molecule has 0 aliphatic carbocycles. The molecular formula is C11H8BrCl3NO2S-. The van der Waals surface area contributed by atoms with E-state index < -0.39 is 5.23 Å². The molecule has 8 heteroatoms. The standard InChI is InChI=1S/C11H8BrCl3NO2S/c12-10(14)8(13)9(16(17)18)11(15)19-6-7-4-2-1-3-5-7/h1-5,17H,6H2/q-1/b10-8+,11-9-. The minimum Gasteiger partial charge on any atom is -0.733 e. The quantitative estimate of drug-likeness (QED) is 0.516. The summed E-state index contributed by atoms with van der Waals surface area (Å²) in [4.78, 5) is 0. The molecule has 0 heterocycles. The van der Waals surface area contributed by atoms with Gasteiger partial charge in [0.15, 0.2) is 0 Å². The first-order chi connectivity index (χ1) is 8.93. The third kappa shape index (κ3) is 5.55. The lowest BCUT2D eigenvalue weighted by atomic mass is 10.2. The van der Waals surface area contributed by atoms with Crippen molar-refractivity contribution in [3.8, 4) is 0 Å². The van der Waals surface area contributed by atoms with E-state index in [1.54, 1.807) is 0 Å². The van der Waals surface area contributed by atoms with E-state index in [-0.39, 0.29) is 19.0 Å².